The molecule has 1 aliphatic heterocycles. The lowest BCUT2D eigenvalue weighted by Gasteiger charge is -2.33. The number of rotatable bonds is 5. The summed E-state index contributed by atoms with van der Waals surface area (Å²) in [5.41, 5.74) is 2.67. The van der Waals surface area contributed by atoms with Gasteiger partial charge in [-0.3, -0.25) is 4.79 Å². The zero-order valence-corrected chi connectivity index (χ0v) is 17.8. The summed E-state index contributed by atoms with van der Waals surface area (Å²) >= 11 is 0. The van der Waals surface area contributed by atoms with Gasteiger partial charge in [0.1, 0.15) is 5.75 Å². The lowest BCUT2D eigenvalue weighted by Crippen LogP contribution is -2.50. The van der Waals surface area contributed by atoms with Gasteiger partial charge < -0.3 is 9.64 Å². The second-order valence-electron chi connectivity index (χ2n) is 7.10. The number of aryl methyl sites for hydroxylation is 2. The zero-order chi connectivity index (χ0) is 21.0. The molecule has 0 radical (unpaired) electrons. The van der Waals surface area contributed by atoms with Crippen LogP contribution in [0.15, 0.2) is 53.4 Å². The molecule has 0 N–H and O–H groups in total. The van der Waals surface area contributed by atoms with Crippen molar-refractivity contribution in [1.82, 2.24) is 9.21 Å². The highest BCUT2D eigenvalue weighted by Gasteiger charge is 2.30. The second kappa shape index (κ2) is 8.80. The maximum Gasteiger partial charge on any atom is 0.246 e. The average molecular weight is 415 g/mol. The Morgan fingerprint density at radius 3 is 2.24 bits per heavy atom. The fraction of sp³-hybridized carbons (Fsp3) is 0.318. The van der Waals surface area contributed by atoms with E-state index in [9.17, 15) is 13.2 Å². The minimum Gasteiger partial charge on any atom is -0.497 e. The zero-order valence-electron chi connectivity index (χ0n) is 17.0. The third-order valence-electron chi connectivity index (χ3n) is 5.03. The predicted molar refractivity (Wildman–Crippen MR) is 113 cm³/mol. The normalized spacial score (nSPS) is 15.6. The molecule has 0 saturated carbocycles. The first-order valence-electron chi connectivity index (χ1n) is 9.50. The van der Waals surface area contributed by atoms with Crippen LogP contribution in [0.25, 0.3) is 6.08 Å². The molecule has 0 aromatic heterocycles. The van der Waals surface area contributed by atoms with Gasteiger partial charge >= 0.3 is 0 Å². The van der Waals surface area contributed by atoms with Crippen LogP contribution in [0, 0.1) is 13.8 Å². The third-order valence-corrected chi connectivity index (χ3v) is 7.09. The van der Waals surface area contributed by atoms with Gasteiger partial charge in [0.15, 0.2) is 0 Å². The first-order valence-corrected chi connectivity index (χ1v) is 10.9. The lowest BCUT2D eigenvalue weighted by atomic mass is 10.2. The van der Waals surface area contributed by atoms with E-state index < -0.39 is 10.0 Å². The smallest absolute Gasteiger partial charge is 0.246 e. The van der Waals surface area contributed by atoms with E-state index in [4.69, 9.17) is 4.74 Å². The molecule has 0 aliphatic carbocycles. The fourth-order valence-electron chi connectivity index (χ4n) is 3.36. The molecular formula is C22H26N2O4S. The Hall–Kier alpha value is -2.64. The van der Waals surface area contributed by atoms with Gasteiger partial charge in [0.25, 0.3) is 0 Å². The molecule has 2 aromatic rings. The maximum absolute atomic E-state index is 13.0. The molecule has 0 bridgehead atoms. The summed E-state index contributed by atoms with van der Waals surface area (Å²) in [6.07, 6.45) is 3.27. The molecule has 0 unspecified atom stereocenters. The Morgan fingerprint density at radius 2 is 1.66 bits per heavy atom. The molecule has 6 nitrogen and oxygen atoms in total. The number of nitrogens with zero attached hydrogens (tertiary/aromatic N) is 2. The number of hydrogen-bond acceptors (Lipinski definition) is 4. The van der Waals surface area contributed by atoms with Crippen molar-refractivity contribution in [2.75, 3.05) is 33.3 Å². The number of hydrogen-bond donors (Lipinski definition) is 0. The number of amides is 1. The number of methoxy groups -OCH3 is 1. The highest BCUT2D eigenvalue weighted by molar-refractivity contribution is 7.89. The number of carbonyl (C=O) groups is 1. The van der Waals surface area contributed by atoms with Crippen molar-refractivity contribution in [2.24, 2.45) is 0 Å². The largest absolute Gasteiger partial charge is 0.497 e. The summed E-state index contributed by atoms with van der Waals surface area (Å²) in [5.74, 6) is 0.638. The van der Waals surface area contributed by atoms with Crippen LogP contribution >= 0.6 is 0 Å². The van der Waals surface area contributed by atoms with E-state index in [1.807, 2.05) is 50.2 Å². The van der Waals surface area contributed by atoms with Crippen LogP contribution in [-0.4, -0.2) is 56.8 Å². The summed E-state index contributed by atoms with van der Waals surface area (Å²) in [6, 6.07) is 12.8. The highest BCUT2D eigenvalue weighted by atomic mass is 32.2. The summed E-state index contributed by atoms with van der Waals surface area (Å²) in [6.45, 7) is 5.07. The second-order valence-corrected chi connectivity index (χ2v) is 9.01. The van der Waals surface area contributed by atoms with Gasteiger partial charge in [-0.25, -0.2) is 8.42 Å². The molecule has 1 aliphatic rings. The summed E-state index contributed by atoms with van der Waals surface area (Å²) < 4.78 is 32.5. The van der Waals surface area contributed by atoms with Crippen molar-refractivity contribution in [2.45, 2.75) is 18.7 Å². The van der Waals surface area contributed by atoms with Gasteiger partial charge in [-0.05, 0) is 49.2 Å². The molecule has 1 saturated heterocycles. The van der Waals surface area contributed by atoms with Crippen LogP contribution in [0.4, 0.5) is 0 Å². The molecule has 3 rings (SSSR count). The summed E-state index contributed by atoms with van der Waals surface area (Å²) in [5, 5.41) is 0. The van der Waals surface area contributed by atoms with Crippen molar-refractivity contribution in [3.8, 4) is 5.75 Å². The SMILES string of the molecule is COc1ccc(/C=C/C(=O)N2CCN(S(=O)(=O)c3ccc(C)cc3C)CC2)cc1. The van der Waals surface area contributed by atoms with Crippen LogP contribution in [0.1, 0.15) is 16.7 Å². The molecule has 1 amide bonds. The van der Waals surface area contributed by atoms with Crippen LogP contribution in [-0.2, 0) is 14.8 Å². The van der Waals surface area contributed by atoms with Gasteiger partial charge in [0, 0.05) is 32.3 Å². The average Bonchev–Trinajstić information content (AvgIpc) is 2.72. The van der Waals surface area contributed by atoms with Crippen molar-refractivity contribution >= 4 is 22.0 Å². The number of benzene rings is 2. The Morgan fingerprint density at radius 1 is 1.00 bits per heavy atom. The minimum atomic E-state index is -3.56. The van der Waals surface area contributed by atoms with Gasteiger partial charge in [-0.15, -0.1) is 0 Å². The Labute approximate surface area is 172 Å². The lowest BCUT2D eigenvalue weighted by molar-refractivity contribution is -0.127. The van der Waals surface area contributed by atoms with Gasteiger partial charge in [-0.1, -0.05) is 29.8 Å². The molecular weight excluding hydrogens is 388 g/mol. The standard InChI is InChI=1S/C22H26N2O4S/c1-17-4-10-21(18(2)16-17)29(26,27)24-14-12-23(13-15-24)22(25)11-7-19-5-8-20(28-3)9-6-19/h4-11,16H,12-15H2,1-3H3/b11-7+. The molecule has 29 heavy (non-hydrogen) atoms. The number of ether oxygens (including phenoxy) is 1. The summed E-state index contributed by atoms with van der Waals surface area (Å²) in [4.78, 5) is 14.5. The first-order chi connectivity index (χ1) is 13.8. The van der Waals surface area contributed by atoms with Crippen molar-refractivity contribution in [3.05, 3.63) is 65.2 Å². The van der Waals surface area contributed by atoms with Crippen molar-refractivity contribution < 1.29 is 17.9 Å². The highest BCUT2D eigenvalue weighted by Crippen LogP contribution is 2.22. The van der Waals surface area contributed by atoms with Crippen LogP contribution < -0.4 is 4.74 Å². The maximum atomic E-state index is 13.0. The van der Waals surface area contributed by atoms with E-state index in [-0.39, 0.29) is 19.0 Å². The first kappa shape index (κ1) is 21.1. The van der Waals surface area contributed by atoms with Gasteiger partial charge in [-0.2, -0.15) is 4.31 Å². The van der Waals surface area contributed by atoms with E-state index in [0.29, 0.717) is 18.0 Å². The van der Waals surface area contributed by atoms with Crippen LogP contribution in [0.3, 0.4) is 0 Å². The van der Waals surface area contributed by atoms with E-state index in [1.54, 1.807) is 24.2 Å². The monoisotopic (exact) mass is 414 g/mol. The van der Waals surface area contributed by atoms with E-state index in [2.05, 4.69) is 0 Å². The quantitative estimate of drug-likeness (QED) is 0.706. The molecule has 0 spiro atoms. The summed E-state index contributed by atoms with van der Waals surface area (Å²) in [7, 11) is -1.95. The molecule has 7 heteroatoms. The fourth-order valence-corrected chi connectivity index (χ4v) is 4.99. The van der Waals surface area contributed by atoms with E-state index in [0.717, 1.165) is 22.4 Å². The molecule has 1 heterocycles. The Kier molecular flexibility index (Phi) is 6.39. The Bertz CT molecular complexity index is 1010. The molecule has 2 aromatic carbocycles. The van der Waals surface area contributed by atoms with Crippen LogP contribution in [0.5, 0.6) is 5.75 Å². The van der Waals surface area contributed by atoms with Crippen LogP contribution in [0.2, 0.25) is 0 Å². The molecule has 154 valence electrons. The van der Waals surface area contributed by atoms with Crippen molar-refractivity contribution in [3.63, 3.8) is 0 Å². The molecule has 1 fully saturated rings. The minimum absolute atomic E-state index is 0.121. The predicted octanol–water partition coefficient (Wildman–Crippen LogP) is 2.86. The van der Waals surface area contributed by atoms with E-state index >= 15 is 0 Å². The topological polar surface area (TPSA) is 66.9 Å². The third kappa shape index (κ3) is 4.86. The van der Waals surface area contributed by atoms with Gasteiger partial charge in [0.2, 0.25) is 15.9 Å². The number of piperazine rings is 1. The van der Waals surface area contributed by atoms with Gasteiger partial charge in [0.05, 0.1) is 12.0 Å². The molecule has 0 atom stereocenters. The number of carbonyl (C=O) groups excluding carboxylic acids is 1. The van der Waals surface area contributed by atoms with Crippen molar-refractivity contribution in [1.29, 1.82) is 0 Å². The number of sulfonamides is 1. The Balaban J connectivity index is 1.61. The van der Waals surface area contributed by atoms with E-state index in [1.165, 1.54) is 10.4 Å².